The standard InChI is InChI=1S/C7H10N2O2S/c1-9(12(2,10)11)7-4-3-5-8-6-7/h3-6H,1-2H3/i1D3. The van der Waals surface area contributed by atoms with Gasteiger partial charge in [-0.3, -0.25) is 9.29 Å². The van der Waals surface area contributed by atoms with E-state index in [0.717, 1.165) is 6.26 Å². The van der Waals surface area contributed by atoms with Gasteiger partial charge in [0.15, 0.2) is 0 Å². The summed E-state index contributed by atoms with van der Waals surface area (Å²) in [5.41, 5.74) is 0.0278. The average molecular weight is 189 g/mol. The topological polar surface area (TPSA) is 50.3 Å². The summed E-state index contributed by atoms with van der Waals surface area (Å²) >= 11 is 0. The minimum atomic E-state index is -3.84. The fourth-order valence-corrected chi connectivity index (χ4v) is 1.16. The number of rotatable bonds is 2. The van der Waals surface area contributed by atoms with Gasteiger partial charge in [0.1, 0.15) is 0 Å². The highest BCUT2D eigenvalue weighted by Crippen LogP contribution is 2.11. The SMILES string of the molecule is [2H]C([2H])([2H])N(c1cccnc1)S(C)(=O)=O. The molecule has 0 fully saturated rings. The first-order valence-corrected chi connectivity index (χ1v) is 4.98. The zero-order chi connectivity index (χ0) is 11.7. The third-order valence-electron chi connectivity index (χ3n) is 1.21. The monoisotopic (exact) mass is 189 g/mol. The predicted molar refractivity (Wildman–Crippen MR) is 47.5 cm³/mol. The van der Waals surface area contributed by atoms with Gasteiger partial charge in [0.2, 0.25) is 10.0 Å². The third-order valence-corrected chi connectivity index (χ3v) is 2.09. The summed E-state index contributed by atoms with van der Waals surface area (Å²) in [6.07, 6.45) is 3.46. The maximum Gasteiger partial charge on any atom is 0.232 e. The summed E-state index contributed by atoms with van der Waals surface area (Å²) < 4.78 is 44.4. The van der Waals surface area contributed by atoms with Crippen LogP contribution < -0.4 is 4.31 Å². The van der Waals surface area contributed by atoms with Gasteiger partial charge >= 0.3 is 0 Å². The van der Waals surface area contributed by atoms with Crippen molar-refractivity contribution in [1.82, 2.24) is 4.98 Å². The van der Waals surface area contributed by atoms with Gasteiger partial charge in [-0.05, 0) is 12.1 Å². The zero-order valence-electron chi connectivity index (χ0n) is 9.43. The Morgan fingerprint density at radius 2 is 2.42 bits per heavy atom. The van der Waals surface area contributed by atoms with E-state index in [4.69, 9.17) is 4.11 Å². The van der Waals surface area contributed by atoms with Crippen molar-refractivity contribution < 1.29 is 12.5 Å². The molecule has 4 nitrogen and oxygen atoms in total. The first-order valence-electron chi connectivity index (χ1n) is 4.63. The van der Waals surface area contributed by atoms with E-state index in [-0.39, 0.29) is 5.69 Å². The summed E-state index contributed by atoms with van der Waals surface area (Å²) in [5, 5.41) is 0. The van der Waals surface area contributed by atoms with E-state index in [1.54, 1.807) is 0 Å². The largest absolute Gasteiger partial charge is 0.272 e. The van der Waals surface area contributed by atoms with Crippen LogP contribution in [-0.2, 0) is 10.0 Å². The van der Waals surface area contributed by atoms with Crippen molar-refractivity contribution in [3.8, 4) is 0 Å². The van der Waals surface area contributed by atoms with Crippen molar-refractivity contribution >= 4 is 15.7 Å². The molecule has 0 unspecified atom stereocenters. The first kappa shape index (κ1) is 5.53. The van der Waals surface area contributed by atoms with E-state index in [1.807, 2.05) is 0 Å². The Bertz CT molecular complexity index is 429. The van der Waals surface area contributed by atoms with Crippen LogP contribution in [0.3, 0.4) is 0 Å². The van der Waals surface area contributed by atoms with Crippen molar-refractivity contribution in [2.24, 2.45) is 0 Å². The van der Waals surface area contributed by atoms with Crippen LogP contribution in [0, 0.1) is 0 Å². The smallest absolute Gasteiger partial charge is 0.232 e. The van der Waals surface area contributed by atoms with Crippen LogP contribution in [0.1, 0.15) is 4.11 Å². The lowest BCUT2D eigenvalue weighted by Gasteiger charge is -2.15. The fourth-order valence-electron chi connectivity index (χ4n) is 0.665. The van der Waals surface area contributed by atoms with E-state index < -0.39 is 17.0 Å². The van der Waals surface area contributed by atoms with E-state index >= 15 is 0 Å². The normalized spacial score (nSPS) is 15.9. The van der Waals surface area contributed by atoms with Crippen molar-refractivity contribution in [3.63, 3.8) is 0 Å². The second kappa shape index (κ2) is 3.10. The van der Waals surface area contributed by atoms with Gasteiger partial charge < -0.3 is 0 Å². The molecule has 1 aromatic heterocycles. The predicted octanol–water partition coefficient (Wildman–Crippen LogP) is 0.477. The molecule has 0 N–H and O–H groups in total. The molecular weight excluding hydrogens is 176 g/mol. The molecule has 0 aromatic carbocycles. The number of sulfonamides is 1. The fraction of sp³-hybridized carbons (Fsp3) is 0.286. The number of hydrogen-bond acceptors (Lipinski definition) is 3. The maximum absolute atomic E-state index is 11.3. The number of hydrogen-bond donors (Lipinski definition) is 0. The Hall–Kier alpha value is -1.10. The average Bonchev–Trinajstić information content (AvgIpc) is 2.00. The molecule has 0 saturated carbocycles. The van der Waals surface area contributed by atoms with Gasteiger partial charge in [-0.2, -0.15) is 0 Å². The molecule has 0 aliphatic heterocycles. The van der Waals surface area contributed by atoms with E-state index in [1.165, 1.54) is 24.5 Å². The molecule has 0 spiro atoms. The van der Waals surface area contributed by atoms with Gasteiger partial charge in [-0.25, -0.2) is 8.42 Å². The lowest BCUT2D eigenvalue weighted by molar-refractivity contribution is 0.600. The van der Waals surface area contributed by atoms with Crippen LogP contribution in [0.25, 0.3) is 0 Å². The minimum Gasteiger partial charge on any atom is -0.272 e. The van der Waals surface area contributed by atoms with E-state index in [2.05, 4.69) is 4.98 Å². The van der Waals surface area contributed by atoms with Crippen molar-refractivity contribution in [2.75, 3.05) is 17.5 Å². The molecule has 0 radical (unpaired) electrons. The lowest BCUT2D eigenvalue weighted by atomic mass is 10.4. The molecule has 0 bridgehead atoms. The van der Waals surface area contributed by atoms with Crippen molar-refractivity contribution in [2.45, 2.75) is 0 Å². The second-order valence-corrected chi connectivity index (χ2v) is 4.07. The quantitative estimate of drug-likeness (QED) is 0.679. The van der Waals surface area contributed by atoms with Crippen molar-refractivity contribution in [3.05, 3.63) is 24.5 Å². The summed E-state index contributed by atoms with van der Waals surface area (Å²) in [4.78, 5) is 3.68. The highest BCUT2D eigenvalue weighted by molar-refractivity contribution is 7.92. The maximum atomic E-state index is 11.3. The highest BCUT2D eigenvalue weighted by Gasteiger charge is 2.10. The third kappa shape index (κ3) is 1.94. The number of anilines is 1. The van der Waals surface area contributed by atoms with E-state index in [9.17, 15) is 8.42 Å². The molecule has 1 heterocycles. The minimum absolute atomic E-state index is 0.0278. The van der Waals surface area contributed by atoms with Crippen LogP contribution in [-0.4, -0.2) is 26.6 Å². The molecule has 12 heavy (non-hydrogen) atoms. The van der Waals surface area contributed by atoms with Gasteiger partial charge in [-0.1, -0.05) is 0 Å². The number of pyridine rings is 1. The molecule has 0 saturated heterocycles. The molecule has 0 aliphatic carbocycles. The lowest BCUT2D eigenvalue weighted by Crippen LogP contribution is -2.24. The first-order chi connectivity index (χ1) is 6.73. The molecule has 66 valence electrons. The molecule has 0 atom stereocenters. The molecule has 1 rings (SSSR count). The number of nitrogens with zero attached hydrogens (tertiary/aromatic N) is 2. The van der Waals surface area contributed by atoms with Crippen LogP contribution in [0.4, 0.5) is 5.69 Å². The van der Waals surface area contributed by atoms with Gasteiger partial charge in [0.25, 0.3) is 0 Å². The molecule has 1 aromatic rings. The van der Waals surface area contributed by atoms with Crippen LogP contribution in [0.15, 0.2) is 24.5 Å². The Kier molecular flexibility index (Phi) is 1.43. The van der Waals surface area contributed by atoms with Gasteiger partial charge in [0.05, 0.1) is 18.1 Å². The Labute approximate surface area is 76.1 Å². The van der Waals surface area contributed by atoms with E-state index in [0.29, 0.717) is 4.31 Å². The highest BCUT2D eigenvalue weighted by atomic mass is 32.2. The Morgan fingerprint density at radius 1 is 1.67 bits per heavy atom. The van der Waals surface area contributed by atoms with Crippen LogP contribution in [0.5, 0.6) is 0 Å². The summed E-state index contributed by atoms with van der Waals surface area (Å²) in [5.74, 6) is 0. The summed E-state index contributed by atoms with van der Waals surface area (Å²) in [7, 11) is -3.84. The molecular formula is C7H10N2O2S. The second-order valence-electron chi connectivity index (χ2n) is 2.24. The molecule has 0 amide bonds. The van der Waals surface area contributed by atoms with Gasteiger partial charge in [0, 0.05) is 17.3 Å². The zero-order valence-corrected chi connectivity index (χ0v) is 7.25. The Balaban J connectivity index is 3.27. The summed E-state index contributed by atoms with van der Waals surface area (Å²) in [6.45, 7) is -2.74. The van der Waals surface area contributed by atoms with Crippen LogP contribution in [0.2, 0.25) is 0 Å². The Morgan fingerprint density at radius 3 is 2.83 bits per heavy atom. The molecule has 5 heteroatoms. The van der Waals surface area contributed by atoms with Crippen molar-refractivity contribution in [1.29, 1.82) is 0 Å². The number of aromatic nitrogens is 1. The van der Waals surface area contributed by atoms with Gasteiger partial charge in [-0.15, -0.1) is 0 Å². The molecule has 0 aliphatic rings. The van der Waals surface area contributed by atoms with Crippen LogP contribution >= 0.6 is 0 Å². The summed E-state index contributed by atoms with van der Waals surface area (Å²) in [6, 6.07) is 2.85.